The first-order valence-electron chi connectivity index (χ1n) is 8.32. The van der Waals surface area contributed by atoms with Crippen molar-refractivity contribution < 1.29 is 9.72 Å². The van der Waals surface area contributed by atoms with Gasteiger partial charge < -0.3 is 10.2 Å². The van der Waals surface area contributed by atoms with Crippen LogP contribution in [-0.4, -0.2) is 31.5 Å². The van der Waals surface area contributed by atoms with E-state index in [-0.39, 0.29) is 11.3 Å². The van der Waals surface area contributed by atoms with Gasteiger partial charge in [-0.2, -0.15) is 5.26 Å². The van der Waals surface area contributed by atoms with Gasteiger partial charge in [0.2, 0.25) is 0 Å². The molecule has 7 heteroatoms. The Hall–Kier alpha value is -3.66. The van der Waals surface area contributed by atoms with Crippen molar-refractivity contribution in [2.45, 2.75) is 6.42 Å². The zero-order valence-corrected chi connectivity index (χ0v) is 15.2. The lowest BCUT2D eigenvalue weighted by Gasteiger charge is -2.12. The normalized spacial score (nSPS) is 10.8. The van der Waals surface area contributed by atoms with Gasteiger partial charge in [-0.1, -0.05) is 36.4 Å². The molecule has 2 aromatic carbocycles. The van der Waals surface area contributed by atoms with E-state index in [4.69, 9.17) is 0 Å². The maximum atomic E-state index is 12.2. The number of carbonyl (C=O) groups is 1. The van der Waals surface area contributed by atoms with Gasteiger partial charge in [0.25, 0.3) is 11.6 Å². The van der Waals surface area contributed by atoms with Gasteiger partial charge >= 0.3 is 0 Å². The van der Waals surface area contributed by atoms with Crippen LogP contribution in [-0.2, 0) is 11.2 Å². The van der Waals surface area contributed by atoms with Crippen LogP contribution in [0.1, 0.15) is 11.1 Å². The molecular formula is C20H20N4O3. The van der Waals surface area contributed by atoms with Crippen LogP contribution >= 0.6 is 0 Å². The van der Waals surface area contributed by atoms with Crippen LogP contribution in [0.4, 0.5) is 11.4 Å². The Morgan fingerprint density at radius 1 is 1.26 bits per heavy atom. The van der Waals surface area contributed by atoms with Crippen molar-refractivity contribution in [3.05, 3.63) is 75.3 Å². The molecule has 0 aliphatic rings. The Balaban J connectivity index is 2.12. The summed E-state index contributed by atoms with van der Waals surface area (Å²) >= 11 is 0. The quantitative estimate of drug-likeness (QED) is 0.352. The number of nitro groups is 1. The molecule has 0 aliphatic carbocycles. The maximum Gasteiger partial charge on any atom is 0.293 e. The summed E-state index contributed by atoms with van der Waals surface area (Å²) in [6, 6.07) is 16.1. The lowest BCUT2D eigenvalue weighted by Crippen LogP contribution is -2.26. The molecule has 1 N–H and O–H groups in total. The fourth-order valence-corrected chi connectivity index (χ4v) is 2.53. The van der Waals surface area contributed by atoms with Gasteiger partial charge in [-0.3, -0.25) is 14.9 Å². The molecule has 27 heavy (non-hydrogen) atoms. The molecule has 0 aliphatic heterocycles. The number of hydrogen-bond acceptors (Lipinski definition) is 5. The van der Waals surface area contributed by atoms with E-state index in [0.29, 0.717) is 24.2 Å². The number of nitrogens with zero attached hydrogens (tertiary/aromatic N) is 3. The summed E-state index contributed by atoms with van der Waals surface area (Å²) in [4.78, 5) is 24.6. The molecular weight excluding hydrogens is 344 g/mol. The summed E-state index contributed by atoms with van der Waals surface area (Å²) in [5.74, 6) is -0.507. The highest BCUT2D eigenvalue weighted by Crippen LogP contribution is 2.28. The van der Waals surface area contributed by atoms with E-state index >= 15 is 0 Å². The highest BCUT2D eigenvalue weighted by Gasteiger charge is 2.16. The van der Waals surface area contributed by atoms with E-state index in [2.05, 4.69) is 5.32 Å². The monoisotopic (exact) mass is 364 g/mol. The topological polar surface area (TPSA) is 99.3 Å². The van der Waals surface area contributed by atoms with Gasteiger partial charge in [0.1, 0.15) is 17.3 Å². The minimum atomic E-state index is -0.507. The van der Waals surface area contributed by atoms with Crippen LogP contribution in [0.15, 0.2) is 54.1 Å². The van der Waals surface area contributed by atoms with E-state index < -0.39 is 10.8 Å². The van der Waals surface area contributed by atoms with Crippen LogP contribution < -0.4 is 10.2 Å². The average Bonchev–Trinajstić information content (AvgIpc) is 2.66. The van der Waals surface area contributed by atoms with Crippen LogP contribution in [0.2, 0.25) is 0 Å². The molecule has 0 spiro atoms. The van der Waals surface area contributed by atoms with Gasteiger partial charge in [0.15, 0.2) is 0 Å². The summed E-state index contributed by atoms with van der Waals surface area (Å²) in [7, 11) is 3.41. The fourth-order valence-electron chi connectivity index (χ4n) is 2.53. The third-order valence-electron chi connectivity index (χ3n) is 3.90. The van der Waals surface area contributed by atoms with E-state index in [1.165, 1.54) is 12.1 Å². The third kappa shape index (κ3) is 5.41. The Bertz CT molecular complexity index is 899. The highest BCUT2D eigenvalue weighted by molar-refractivity contribution is 6.01. The molecule has 2 rings (SSSR count). The molecule has 0 saturated carbocycles. The number of nitriles is 1. The number of nitrogens with one attached hydrogen (secondary N) is 1. The standard InChI is InChI=1S/C20H20N4O3/c1-23(2)18-9-8-16(13-19(18)24(26)27)12-17(14-21)20(25)22-11-10-15-6-4-3-5-7-15/h3-9,12-13H,10-11H2,1-2H3,(H,22,25)/b17-12+. The lowest BCUT2D eigenvalue weighted by atomic mass is 10.1. The van der Waals surface area contributed by atoms with Crippen LogP contribution in [0.5, 0.6) is 0 Å². The smallest absolute Gasteiger partial charge is 0.293 e. The summed E-state index contributed by atoms with van der Waals surface area (Å²) in [5, 5.41) is 23.2. The van der Waals surface area contributed by atoms with Gasteiger partial charge in [-0.05, 0) is 29.7 Å². The van der Waals surface area contributed by atoms with E-state index in [1.807, 2.05) is 36.4 Å². The lowest BCUT2D eigenvalue weighted by molar-refractivity contribution is -0.384. The van der Waals surface area contributed by atoms with Crippen LogP contribution in [0.3, 0.4) is 0 Å². The predicted octanol–water partition coefficient (Wildman–Crippen LogP) is 2.93. The molecule has 0 fully saturated rings. The van der Waals surface area contributed by atoms with Crippen LogP contribution in [0.25, 0.3) is 6.08 Å². The molecule has 0 radical (unpaired) electrons. The number of hydrogen-bond donors (Lipinski definition) is 1. The molecule has 1 amide bonds. The first-order chi connectivity index (χ1) is 12.9. The van der Waals surface area contributed by atoms with Crippen molar-refractivity contribution in [2.75, 3.05) is 25.5 Å². The Morgan fingerprint density at radius 3 is 2.56 bits per heavy atom. The van der Waals surface area contributed by atoms with E-state index in [1.54, 1.807) is 31.1 Å². The number of carbonyl (C=O) groups excluding carboxylic acids is 1. The maximum absolute atomic E-state index is 12.2. The second kappa shape index (κ2) is 9.15. The van der Waals surface area contributed by atoms with Crippen LogP contribution in [0, 0.1) is 21.4 Å². The zero-order chi connectivity index (χ0) is 19.8. The molecule has 2 aromatic rings. The first-order valence-corrected chi connectivity index (χ1v) is 8.32. The van der Waals surface area contributed by atoms with E-state index in [0.717, 1.165) is 5.56 Å². The summed E-state index contributed by atoms with van der Waals surface area (Å²) in [6.07, 6.45) is 2.00. The zero-order valence-electron chi connectivity index (χ0n) is 15.2. The van der Waals surface area contributed by atoms with Gasteiger partial charge in [0.05, 0.1) is 4.92 Å². The molecule has 0 heterocycles. The Labute approximate surface area is 157 Å². The minimum Gasteiger partial charge on any atom is -0.372 e. The van der Waals surface area contributed by atoms with Gasteiger partial charge in [0, 0.05) is 26.7 Å². The number of nitro benzene ring substituents is 1. The number of amides is 1. The summed E-state index contributed by atoms with van der Waals surface area (Å²) in [5.41, 5.74) is 1.76. The molecule has 0 aromatic heterocycles. The third-order valence-corrected chi connectivity index (χ3v) is 3.90. The highest BCUT2D eigenvalue weighted by atomic mass is 16.6. The first kappa shape index (κ1) is 19.7. The molecule has 7 nitrogen and oxygen atoms in total. The van der Waals surface area contributed by atoms with E-state index in [9.17, 15) is 20.2 Å². The Kier molecular flexibility index (Phi) is 6.67. The largest absolute Gasteiger partial charge is 0.372 e. The van der Waals surface area contributed by atoms with Crippen molar-refractivity contribution in [3.8, 4) is 6.07 Å². The van der Waals surface area contributed by atoms with Crippen molar-refractivity contribution in [1.29, 1.82) is 5.26 Å². The second-order valence-electron chi connectivity index (χ2n) is 6.06. The minimum absolute atomic E-state index is 0.0875. The molecule has 0 atom stereocenters. The van der Waals surface area contributed by atoms with Gasteiger partial charge in [-0.15, -0.1) is 0 Å². The molecule has 138 valence electrons. The number of rotatable bonds is 7. The van der Waals surface area contributed by atoms with Crippen molar-refractivity contribution in [1.82, 2.24) is 5.32 Å². The van der Waals surface area contributed by atoms with Crippen molar-refractivity contribution in [2.24, 2.45) is 0 Å². The second-order valence-corrected chi connectivity index (χ2v) is 6.06. The molecule has 0 bridgehead atoms. The van der Waals surface area contributed by atoms with Gasteiger partial charge in [-0.25, -0.2) is 0 Å². The predicted molar refractivity (Wildman–Crippen MR) is 104 cm³/mol. The van der Waals surface area contributed by atoms with Crippen molar-refractivity contribution in [3.63, 3.8) is 0 Å². The molecule has 0 unspecified atom stereocenters. The average molecular weight is 364 g/mol. The van der Waals surface area contributed by atoms with Crippen molar-refractivity contribution >= 4 is 23.4 Å². The fraction of sp³-hybridized carbons (Fsp3) is 0.200. The SMILES string of the molecule is CN(C)c1ccc(/C=C(\C#N)C(=O)NCCc2ccccc2)cc1[N+](=O)[O-]. The summed E-state index contributed by atoms with van der Waals surface area (Å²) < 4.78 is 0. The number of benzene rings is 2. The number of anilines is 1. The molecule has 0 saturated heterocycles. The Morgan fingerprint density at radius 2 is 1.96 bits per heavy atom. The summed E-state index contributed by atoms with van der Waals surface area (Å²) in [6.45, 7) is 0.390.